The molecule has 0 saturated heterocycles. The van der Waals surface area contributed by atoms with Crippen LogP contribution in [0.4, 0.5) is 0 Å². The zero-order valence-corrected chi connectivity index (χ0v) is 53.6. The molecule has 0 aliphatic carbocycles. The number of hydrogen-bond donors (Lipinski definition) is 3. The van der Waals surface area contributed by atoms with E-state index >= 15 is 0 Å². The van der Waals surface area contributed by atoms with Gasteiger partial charge in [-0.3, -0.25) is 13.8 Å². The summed E-state index contributed by atoms with van der Waals surface area (Å²) in [4.78, 5) is 23.4. The Morgan fingerprint density at radius 1 is 0.436 bits per heavy atom. The minimum absolute atomic E-state index is 0.0565. The summed E-state index contributed by atoms with van der Waals surface area (Å²) < 4.78 is 23.8. The number of phosphoric acid groups is 1. The maximum atomic E-state index is 13.0. The third kappa shape index (κ3) is 62.1. The average molecular weight is 1120 g/mol. The van der Waals surface area contributed by atoms with Crippen molar-refractivity contribution in [1.29, 1.82) is 0 Å². The summed E-state index contributed by atoms with van der Waals surface area (Å²) >= 11 is 0. The van der Waals surface area contributed by atoms with Gasteiger partial charge in [0.1, 0.15) is 13.2 Å². The molecule has 0 aliphatic rings. The molecular weight excluding hydrogens is 984 g/mol. The molecule has 0 spiro atoms. The number of unbranched alkanes of at least 4 members (excludes halogenated alkanes) is 44. The van der Waals surface area contributed by atoms with E-state index < -0.39 is 20.0 Å². The first kappa shape index (κ1) is 76.5. The summed E-state index contributed by atoms with van der Waals surface area (Å²) in [5.74, 6) is -0.183. The molecule has 0 radical (unpaired) electrons. The first-order chi connectivity index (χ1) is 38.0. The van der Waals surface area contributed by atoms with Gasteiger partial charge in [0.2, 0.25) is 5.91 Å². The summed E-state index contributed by atoms with van der Waals surface area (Å²) in [6.07, 6.45) is 81.1. The fourth-order valence-corrected chi connectivity index (χ4v) is 10.9. The SMILES string of the molecule is CCCCCCC/C=C\C/C=C\CCCCCCCCCCCCCCCCCC(=O)NC(COP(=O)(O)OCC[N+](C)(C)C)C(O)/C=C/CC/C=C/CCCCCCCCCCCCCCCCCCCCCCCCC. The fourth-order valence-electron chi connectivity index (χ4n) is 10.2. The second-order valence-corrected chi connectivity index (χ2v) is 26.0. The van der Waals surface area contributed by atoms with Crippen LogP contribution >= 0.6 is 7.82 Å². The third-order valence-electron chi connectivity index (χ3n) is 15.5. The number of carbonyl (C=O) groups is 1. The number of aliphatic hydroxyl groups excluding tert-OH is 1. The number of nitrogens with zero attached hydrogens (tertiary/aromatic N) is 1. The van der Waals surface area contributed by atoms with Gasteiger partial charge < -0.3 is 19.8 Å². The van der Waals surface area contributed by atoms with Crippen LogP contribution in [0.25, 0.3) is 0 Å². The minimum atomic E-state index is -4.36. The number of amides is 1. The van der Waals surface area contributed by atoms with E-state index in [4.69, 9.17) is 9.05 Å². The van der Waals surface area contributed by atoms with Crippen LogP contribution in [0, 0.1) is 0 Å². The molecule has 0 saturated carbocycles. The van der Waals surface area contributed by atoms with E-state index in [0.717, 1.165) is 44.9 Å². The molecule has 0 heterocycles. The lowest BCUT2D eigenvalue weighted by Gasteiger charge is -2.25. The zero-order chi connectivity index (χ0) is 57.0. The van der Waals surface area contributed by atoms with Gasteiger partial charge in [0, 0.05) is 6.42 Å². The Hall–Kier alpha value is -1.54. The van der Waals surface area contributed by atoms with Gasteiger partial charge in [0.25, 0.3) is 0 Å². The highest BCUT2D eigenvalue weighted by molar-refractivity contribution is 7.47. The molecule has 1 amide bonds. The lowest BCUT2D eigenvalue weighted by molar-refractivity contribution is -0.870. The molecule has 8 nitrogen and oxygen atoms in total. The summed E-state index contributed by atoms with van der Waals surface area (Å²) in [7, 11) is 1.57. The van der Waals surface area contributed by atoms with Gasteiger partial charge in [-0.1, -0.05) is 313 Å². The van der Waals surface area contributed by atoms with Crippen molar-refractivity contribution in [1.82, 2.24) is 5.32 Å². The maximum Gasteiger partial charge on any atom is 0.472 e. The quantitative estimate of drug-likeness (QED) is 0.0243. The standard InChI is InChI=1S/C69H133N2O6P/c1-6-8-10-12-14-16-18-20-22-24-26-28-30-32-34-35-37-38-40-42-44-46-48-50-52-54-56-58-60-62-68(72)67(66-77-78(74,75)76-65-64-71(3,4)5)70-69(73)63-61-59-57-55-53-51-49-47-45-43-41-39-36-33-31-29-27-25-23-21-19-17-15-13-11-9-7-2/h19,21,25,27,52,54,60,62,67-68,72H,6-18,20,22-24,26,28-51,53,55-59,61,63-66H2,1-5H3,(H-,70,73,74,75)/p+1/b21-19-,27-25-,54-52+,62-60+. The van der Waals surface area contributed by atoms with Gasteiger partial charge in [-0.2, -0.15) is 0 Å². The zero-order valence-electron chi connectivity index (χ0n) is 52.7. The van der Waals surface area contributed by atoms with E-state index in [1.54, 1.807) is 6.08 Å². The van der Waals surface area contributed by atoms with Crippen molar-refractivity contribution < 1.29 is 32.9 Å². The van der Waals surface area contributed by atoms with E-state index in [-0.39, 0.29) is 19.1 Å². The molecule has 0 aromatic carbocycles. The highest BCUT2D eigenvalue weighted by atomic mass is 31.2. The third-order valence-corrected chi connectivity index (χ3v) is 16.5. The van der Waals surface area contributed by atoms with Gasteiger partial charge in [-0.05, 0) is 64.2 Å². The van der Waals surface area contributed by atoms with Gasteiger partial charge in [-0.15, -0.1) is 0 Å². The predicted molar refractivity (Wildman–Crippen MR) is 341 cm³/mol. The van der Waals surface area contributed by atoms with Crippen LogP contribution in [0.5, 0.6) is 0 Å². The second-order valence-electron chi connectivity index (χ2n) is 24.5. The molecule has 0 rings (SSSR count). The molecule has 9 heteroatoms. The molecule has 3 atom stereocenters. The van der Waals surface area contributed by atoms with Gasteiger partial charge >= 0.3 is 7.82 Å². The van der Waals surface area contributed by atoms with Gasteiger partial charge in [0.05, 0.1) is 39.9 Å². The Morgan fingerprint density at radius 2 is 0.744 bits per heavy atom. The van der Waals surface area contributed by atoms with Crippen LogP contribution in [0.1, 0.15) is 335 Å². The number of aliphatic hydroxyl groups is 1. The van der Waals surface area contributed by atoms with Crippen LogP contribution in [-0.2, 0) is 18.4 Å². The van der Waals surface area contributed by atoms with Crippen molar-refractivity contribution in [3.8, 4) is 0 Å². The molecule has 3 N–H and O–H groups in total. The lowest BCUT2D eigenvalue weighted by Crippen LogP contribution is -2.45. The number of rotatable bonds is 63. The van der Waals surface area contributed by atoms with Crippen LogP contribution in [0.3, 0.4) is 0 Å². The van der Waals surface area contributed by atoms with Crippen molar-refractivity contribution >= 4 is 13.7 Å². The van der Waals surface area contributed by atoms with Crippen LogP contribution in [0.2, 0.25) is 0 Å². The van der Waals surface area contributed by atoms with Gasteiger partial charge in [0.15, 0.2) is 0 Å². The second kappa shape index (κ2) is 60.1. The number of quaternary nitrogens is 1. The number of phosphoric ester groups is 1. The monoisotopic (exact) mass is 1120 g/mol. The molecular formula is C69H134N2O6P+. The normalized spacial score (nSPS) is 14.0. The summed E-state index contributed by atoms with van der Waals surface area (Å²) in [6.45, 7) is 4.83. The lowest BCUT2D eigenvalue weighted by atomic mass is 10.0. The maximum absolute atomic E-state index is 13.0. The minimum Gasteiger partial charge on any atom is -0.387 e. The van der Waals surface area contributed by atoms with E-state index in [1.165, 1.54) is 270 Å². The van der Waals surface area contributed by atoms with Crippen LogP contribution in [-0.4, -0.2) is 73.4 Å². The molecule has 0 aromatic heterocycles. The van der Waals surface area contributed by atoms with E-state index in [9.17, 15) is 19.4 Å². The molecule has 78 heavy (non-hydrogen) atoms. The number of likely N-dealkylation sites (N-methyl/N-ethyl adjacent to an activating group) is 1. The van der Waals surface area contributed by atoms with Crippen molar-refractivity contribution in [2.24, 2.45) is 0 Å². The molecule has 0 aliphatic heterocycles. The molecule has 0 fully saturated rings. The predicted octanol–water partition coefficient (Wildman–Crippen LogP) is 21.4. The topological polar surface area (TPSA) is 105 Å². The van der Waals surface area contributed by atoms with E-state index in [1.807, 2.05) is 27.2 Å². The number of allylic oxidation sites excluding steroid dienone is 7. The first-order valence-electron chi connectivity index (χ1n) is 34.0. The number of nitrogens with one attached hydrogen (secondary N) is 1. The van der Waals surface area contributed by atoms with Crippen molar-refractivity contribution in [2.45, 2.75) is 347 Å². The number of carbonyl (C=O) groups excluding carboxylic acids is 1. The summed E-state index contributed by atoms with van der Waals surface area (Å²) in [5.41, 5.74) is 0. The number of hydrogen-bond acceptors (Lipinski definition) is 5. The smallest absolute Gasteiger partial charge is 0.387 e. The Labute approximate surface area is 486 Å². The van der Waals surface area contributed by atoms with Gasteiger partial charge in [-0.25, -0.2) is 4.57 Å². The van der Waals surface area contributed by atoms with E-state index in [0.29, 0.717) is 17.4 Å². The molecule has 0 bridgehead atoms. The van der Waals surface area contributed by atoms with Crippen LogP contribution in [0.15, 0.2) is 48.6 Å². The van der Waals surface area contributed by atoms with Crippen LogP contribution < -0.4 is 5.32 Å². The fraction of sp³-hybridized carbons (Fsp3) is 0.870. The Bertz CT molecular complexity index is 1410. The Balaban J connectivity index is 4.12. The Morgan fingerprint density at radius 3 is 1.10 bits per heavy atom. The molecule has 0 aromatic rings. The van der Waals surface area contributed by atoms with Crippen molar-refractivity contribution in [3.63, 3.8) is 0 Å². The average Bonchev–Trinajstić information content (AvgIpc) is 3.41. The highest BCUT2D eigenvalue weighted by Gasteiger charge is 2.28. The summed E-state index contributed by atoms with van der Waals surface area (Å²) in [6, 6.07) is -0.865. The van der Waals surface area contributed by atoms with Crippen molar-refractivity contribution in [2.75, 3.05) is 40.9 Å². The summed E-state index contributed by atoms with van der Waals surface area (Å²) in [5, 5.41) is 14.0. The first-order valence-corrected chi connectivity index (χ1v) is 35.5. The Kier molecular flexibility index (Phi) is 58.9. The molecule has 460 valence electrons. The van der Waals surface area contributed by atoms with E-state index in [2.05, 4.69) is 55.6 Å². The largest absolute Gasteiger partial charge is 0.472 e. The van der Waals surface area contributed by atoms with Crippen molar-refractivity contribution in [3.05, 3.63) is 48.6 Å². The highest BCUT2D eigenvalue weighted by Crippen LogP contribution is 2.43. The molecule has 3 unspecified atom stereocenters.